The zero-order valence-corrected chi connectivity index (χ0v) is 31.4. The minimum Gasteiger partial charge on any atom is -0.508 e. The van der Waals surface area contributed by atoms with E-state index in [0.717, 1.165) is 16.7 Å². The van der Waals surface area contributed by atoms with Crippen molar-refractivity contribution in [3.63, 3.8) is 0 Å². The first-order valence-corrected chi connectivity index (χ1v) is 18.6. The molecule has 7 rings (SSSR count). The summed E-state index contributed by atoms with van der Waals surface area (Å²) in [7, 11) is 0. The molecule has 2 aliphatic rings. The molecule has 2 heterocycles. The number of carbonyl (C=O) groups excluding carboxylic acids is 2. The lowest BCUT2D eigenvalue weighted by Crippen LogP contribution is -2.44. The summed E-state index contributed by atoms with van der Waals surface area (Å²) in [6.07, 6.45) is 1.52. The van der Waals surface area contributed by atoms with Gasteiger partial charge in [-0.25, -0.2) is 0 Å². The smallest absolute Gasteiger partial charge is 0.339 e. The van der Waals surface area contributed by atoms with Crippen LogP contribution in [0.25, 0.3) is 0 Å². The van der Waals surface area contributed by atoms with Crippen LogP contribution in [0.15, 0.2) is 115 Å². The first-order chi connectivity index (χ1) is 25.9. The Morgan fingerprint density at radius 3 is 2.04 bits per heavy atom. The highest BCUT2D eigenvalue weighted by atomic mass is 16.8. The van der Waals surface area contributed by atoms with E-state index in [4.69, 9.17) is 24.7 Å². The highest BCUT2D eigenvalue weighted by Gasteiger charge is 2.67. The zero-order chi connectivity index (χ0) is 38.3. The van der Waals surface area contributed by atoms with Crippen molar-refractivity contribution in [3.05, 3.63) is 154 Å². The summed E-state index contributed by atoms with van der Waals surface area (Å²) in [6.45, 7) is 9.93. The van der Waals surface area contributed by atoms with Gasteiger partial charge >= 0.3 is 5.91 Å². The molecule has 0 saturated carbocycles. The molecule has 2 aliphatic heterocycles. The molecule has 5 atom stereocenters. The van der Waals surface area contributed by atoms with Gasteiger partial charge in [-0.15, -0.1) is 0 Å². The van der Waals surface area contributed by atoms with E-state index in [2.05, 4.69) is 0 Å². The van der Waals surface area contributed by atoms with E-state index in [9.17, 15) is 14.7 Å². The Morgan fingerprint density at radius 2 is 1.39 bits per heavy atom. The normalized spacial score (nSPS) is 22.3. The SMILES string of the molecule is CCC(C)C(=O)c1cc(O)c(C)c(CC2(C)OC2(CC(C)C(=O)c2cc(OCc3ccccc3)c3c(c2)OC(N)(c2ccccc2)O3)c2ccccc2)c1. The third kappa shape index (κ3) is 6.88. The second-order valence-electron chi connectivity index (χ2n) is 14.9. The molecular formula is C46H47NO7. The summed E-state index contributed by atoms with van der Waals surface area (Å²) in [5, 5.41) is 10.9. The van der Waals surface area contributed by atoms with Crippen LogP contribution < -0.4 is 19.9 Å². The molecule has 3 N–H and O–H groups in total. The molecule has 54 heavy (non-hydrogen) atoms. The summed E-state index contributed by atoms with van der Waals surface area (Å²) in [5.74, 6) is -1.32. The quantitative estimate of drug-likeness (QED) is 0.0859. The van der Waals surface area contributed by atoms with Gasteiger partial charge in [0.2, 0.25) is 5.75 Å². The van der Waals surface area contributed by atoms with Crippen LogP contribution in [-0.2, 0) is 29.3 Å². The largest absolute Gasteiger partial charge is 0.508 e. The highest BCUT2D eigenvalue weighted by molar-refractivity contribution is 5.99. The molecule has 8 nitrogen and oxygen atoms in total. The average Bonchev–Trinajstić information content (AvgIpc) is 3.60. The van der Waals surface area contributed by atoms with Crippen molar-refractivity contribution < 1.29 is 33.6 Å². The predicted molar refractivity (Wildman–Crippen MR) is 207 cm³/mol. The van der Waals surface area contributed by atoms with Gasteiger partial charge in [-0.05, 0) is 85.3 Å². The van der Waals surface area contributed by atoms with E-state index >= 15 is 0 Å². The van der Waals surface area contributed by atoms with E-state index in [0.29, 0.717) is 58.8 Å². The topological polar surface area (TPSA) is 121 Å². The molecule has 5 unspecified atom stereocenters. The van der Waals surface area contributed by atoms with Crippen molar-refractivity contribution in [1.29, 1.82) is 0 Å². The van der Waals surface area contributed by atoms with Crippen molar-refractivity contribution in [2.24, 2.45) is 17.6 Å². The van der Waals surface area contributed by atoms with Gasteiger partial charge in [0, 0.05) is 29.4 Å². The fourth-order valence-corrected chi connectivity index (χ4v) is 7.57. The van der Waals surface area contributed by atoms with Crippen molar-refractivity contribution >= 4 is 11.6 Å². The summed E-state index contributed by atoms with van der Waals surface area (Å²) in [6, 6.07) is 35.7. The minimum absolute atomic E-state index is 0.00375. The number of carbonyl (C=O) groups is 2. The molecule has 5 aromatic carbocycles. The van der Waals surface area contributed by atoms with E-state index < -0.39 is 23.0 Å². The Bertz CT molecular complexity index is 2170. The Labute approximate surface area is 316 Å². The molecule has 1 saturated heterocycles. The number of benzene rings is 5. The predicted octanol–water partition coefficient (Wildman–Crippen LogP) is 9.18. The molecule has 0 amide bonds. The second-order valence-corrected chi connectivity index (χ2v) is 14.9. The fourth-order valence-electron chi connectivity index (χ4n) is 7.57. The number of phenols is 1. The van der Waals surface area contributed by atoms with Crippen molar-refractivity contribution in [1.82, 2.24) is 0 Å². The first kappa shape index (κ1) is 36.9. The number of phenolic OH excluding ortho intramolecular Hbond substituents is 1. The van der Waals surface area contributed by atoms with Crippen LogP contribution in [0.5, 0.6) is 23.0 Å². The summed E-state index contributed by atoms with van der Waals surface area (Å²) in [4.78, 5) is 27.7. The van der Waals surface area contributed by atoms with Crippen LogP contribution in [0.1, 0.15) is 89.1 Å². The first-order valence-electron chi connectivity index (χ1n) is 18.6. The standard InChI is InChI=1S/C46H47NO7/c1-6-29(2)41(49)33-22-35(31(4)38(48)23-33)27-44(5)45(54-44,36-18-12-8-13-19-36)26-30(3)42(50)34-24-39(51-28-32-16-10-7-11-17-32)43-40(25-34)52-46(47,53-43)37-20-14-9-15-21-37/h7-25,29-30,48H,6,26-28,47H2,1-5H3. The van der Waals surface area contributed by atoms with E-state index in [1.165, 1.54) is 0 Å². The molecule has 0 bridgehead atoms. The molecule has 0 aliphatic carbocycles. The average molecular weight is 726 g/mol. The van der Waals surface area contributed by atoms with Gasteiger partial charge in [-0.1, -0.05) is 99.6 Å². The number of Topliss-reactive ketones (excluding diaryl/α,β-unsaturated/α-hetero) is 2. The lowest BCUT2D eigenvalue weighted by atomic mass is 9.76. The minimum atomic E-state index is -1.61. The van der Waals surface area contributed by atoms with Crippen LogP contribution in [0.3, 0.4) is 0 Å². The molecule has 0 spiro atoms. The van der Waals surface area contributed by atoms with Crippen LogP contribution in [0.2, 0.25) is 0 Å². The number of hydrogen-bond donors (Lipinski definition) is 2. The van der Waals surface area contributed by atoms with E-state index in [-0.39, 0.29) is 29.8 Å². The van der Waals surface area contributed by atoms with Gasteiger partial charge in [0.25, 0.3) is 0 Å². The number of nitrogens with two attached hydrogens (primary N) is 1. The van der Waals surface area contributed by atoms with Gasteiger partial charge < -0.3 is 24.1 Å². The van der Waals surface area contributed by atoms with Gasteiger partial charge in [0.05, 0.1) is 5.56 Å². The Morgan fingerprint density at radius 1 is 0.796 bits per heavy atom. The molecule has 278 valence electrons. The monoisotopic (exact) mass is 725 g/mol. The van der Waals surface area contributed by atoms with Gasteiger partial charge in [0.1, 0.15) is 23.6 Å². The summed E-state index contributed by atoms with van der Waals surface area (Å²) >= 11 is 0. The van der Waals surface area contributed by atoms with Crippen molar-refractivity contribution in [2.45, 2.75) is 77.6 Å². The highest BCUT2D eigenvalue weighted by Crippen LogP contribution is 2.61. The van der Waals surface area contributed by atoms with Crippen molar-refractivity contribution in [2.75, 3.05) is 0 Å². The molecule has 5 aromatic rings. The molecule has 0 aromatic heterocycles. The Hall–Kier alpha value is -5.44. The maximum atomic E-state index is 14.5. The van der Waals surface area contributed by atoms with Gasteiger partial charge in [0.15, 0.2) is 23.1 Å². The van der Waals surface area contributed by atoms with E-state index in [1.807, 2.05) is 132 Å². The van der Waals surface area contributed by atoms with Crippen LogP contribution in [0, 0.1) is 18.8 Å². The van der Waals surface area contributed by atoms with E-state index in [1.54, 1.807) is 18.2 Å². The number of ketones is 2. The second kappa shape index (κ2) is 14.4. The van der Waals surface area contributed by atoms with Crippen LogP contribution in [-0.4, -0.2) is 22.3 Å². The lowest BCUT2D eigenvalue weighted by Gasteiger charge is -2.23. The van der Waals surface area contributed by atoms with Gasteiger partial charge in [-0.3, -0.25) is 15.3 Å². The Balaban J connectivity index is 1.20. The number of rotatable bonds is 14. The van der Waals surface area contributed by atoms with Gasteiger partial charge in [-0.2, -0.15) is 0 Å². The number of hydrogen-bond acceptors (Lipinski definition) is 8. The fraction of sp³-hybridized carbons (Fsp3) is 0.304. The third-order valence-corrected chi connectivity index (χ3v) is 11.1. The number of aromatic hydroxyl groups is 1. The maximum absolute atomic E-state index is 14.5. The molecule has 8 heteroatoms. The molecular weight excluding hydrogens is 679 g/mol. The number of fused-ring (bicyclic) bond motifs is 1. The molecule has 1 fully saturated rings. The zero-order valence-electron chi connectivity index (χ0n) is 31.4. The van der Waals surface area contributed by atoms with Crippen LogP contribution >= 0.6 is 0 Å². The maximum Gasteiger partial charge on any atom is 0.339 e. The summed E-state index contributed by atoms with van der Waals surface area (Å²) in [5.41, 5.74) is 10.1. The Kier molecular flexibility index (Phi) is 9.85. The number of epoxide rings is 1. The molecule has 0 radical (unpaired) electrons. The third-order valence-electron chi connectivity index (χ3n) is 11.1. The summed E-state index contributed by atoms with van der Waals surface area (Å²) < 4.78 is 25.6. The van der Waals surface area contributed by atoms with Crippen LogP contribution in [0.4, 0.5) is 0 Å². The van der Waals surface area contributed by atoms with Crippen molar-refractivity contribution in [3.8, 4) is 23.0 Å². The lowest BCUT2D eigenvalue weighted by molar-refractivity contribution is -0.0812. The number of ether oxygens (including phenoxy) is 4.